The Bertz CT molecular complexity index is 703. The SMILES string of the molecule is CCC(C)C(=O)NC1CCC(CCN2CCC(c3cccc4c3CCO4)CC2)CC1. The quantitative estimate of drug-likeness (QED) is 0.692. The Morgan fingerprint density at radius 3 is 2.67 bits per heavy atom. The smallest absolute Gasteiger partial charge is 0.223 e. The molecular formula is C26H40N2O2. The highest BCUT2D eigenvalue weighted by Crippen LogP contribution is 2.37. The Morgan fingerprint density at radius 1 is 1.17 bits per heavy atom. The highest BCUT2D eigenvalue weighted by molar-refractivity contribution is 5.78. The van der Waals surface area contributed by atoms with Gasteiger partial charge >= 0.3 is 0 Å². The van der Waals surface area contributed by atoms with E-state index in [-0.39, 0.29) is 11.8 Å². The van der Waals surface area contributed by atoms with E-state index in [0.29, 0.717) is 12.0 Å². The molecule has 166 valence electrons. The summed E-state index contributed by atoms with van der Waals surface area (Å²) in [4.78, 5) is 14.8. The van der Waals surface area contributed by atoms with Crippen molar-refractivity contribution in [3.8, 4) is 5.75 Å². The first-order valence-electron chi connectivity index (χ1n) is 12.4. The van der Waals surface area contributed by atoms with Crippen LogP contribution >= 0.6 is 0 Å². The second kappa shape index (κ2) is 10.2. The summed E-state index contributed by atoms with van der Waals surface area (Å²) < 4.78 is 5.77. The fraction of sp³-hybridized carbons (Fsp3) is 0.731. The van der Waals surface area contributed by atoms with Crippen molar-refractivity contribution in [1.29, 1.82) is 0 Å². The van der Waals surface area contributed by atoms with Crippen LogP contribution in [0.1, 0.15) is 82.3 Å². The maximum Gasteiger partial charge on any atom is 0.223 e. The lowest BCUT2D eigenvalue weighted by Crippen LogP contribution is -2.40. The Kier molecular flexibility index (Phi) is 7.35. The van der Waals surface area contributed by atoms with Gasteiger partial charge in [0.2, 0.25) is 5.91 Å². The van der Waals surface area contributed by atoms with Crippen LogP contribution in [0.15, 0.2) is 18.2 Å². The van der Waals surface area contributed by atoms with Crippen molar-refractivity contribution < 1.29 is 9.53 Å². The first-order valence-corrected chi connectivity index (χ1v) is 12.4. The molecule has 0 aromatic heterocycles. The average molecular weight is 413 g/mol. The van der Waals surface area contributed by atoms with Crippen LogP contribution in [-0.4, -0.2) is 43.1 Å². The molecule has 0 radical (unpaired) electrons. The molecule has 3 aliphatic rings. The van der Waals surface area contributed by atoms with Gasteiger partial charge in [0.05, 0.1) is 6.61 Å². The molecule has 0 bridgehead atoms. The summed E-state index contributed by atoms with van der Waals surface area (Å²) in [6, 6.07) is 7.06. The average Bonchev–Trinajstić information content (AvgIpc) is 3.27. The largest absolute Gasteiger partial charge is 0.493 e. The van der Waals surface area contributed by atoms with E-state index in [0.717, 1.165) is 44.0 Å². The first kappa shape index (κ1) is 21.7. The highest BCUT2D eigenvalue weighted by atomic mass is 16.5. The molecular weight excluding hydrogens is 372 g/mol. The van der Waals surface area contributed by atoms with Crippen molar-refractivity contribution in [3.63, 3.8) is 0 Å². The van der Waals surface area contributed by atoms with Gasteiger partial charge in [0.25, 0.3) is 0 Å². The summed E-state index contributed by atoms with van der Waals surface area (Å²) in [5.74, 6) is 3.08. The highest BCUT2D eigenvalue weighted by Gasteiger charge is 2.27. The van der Waals surface area contributed by atoms with E-state index >= 15 is 0 Å². The van der Waals surface area contributed by atoms with E-state index in [1.807, 2.05) is 6.92 Å². The number of carbonyl (C=O) groups excluding carboxylic acids is 1. The zero-order chi connectivity index (χ0) is 20.9. The number of ether oxygens (including phenoxy) is 1. The molecule has 1 unspecified atom stereocenters. The molecule has 1 saturated carbocycles. The zero-order valence-corrected chi connectivity index (χ0v) is 19.0. The number of amides is 1. The Balaban J connectivity index is 1.16. The number of piperidine rings is 1. The third-order valence-corrected chi connectivity index (χ3v) is 7.91. The van der Waals surface area contributed by atoms with Gasteiger partial charge in [-0.15, -0.1) is 0 Å². The molecule has 2 fully saturated rings. The lowest BCUT2D eigenvalue weighted by Gasteiger charge is -2.35. The number of rotatable bonds is 7. The summed E-state index contributed by atoms with van der Waals surface area (Å²) >= 11 is 0. The summed E-state index contributed by atoms with van der Waals surface area (Å²) in [6.07, 6.45) is 10.8. The second-order valence-electron chi connectivity index (χ2n) is 9.86. The predicted octanol–water partition coefficient (Wildman–Crippen LogP) is 4.91. The number of nitrogens with one attached hydrogen (secondary N) is 1. The van der Waals surface area contributed by atoms with Crippen LogP contribution in [0.2, 0.25) is 0 Å². The molecule has 1 amide bonds. The molecule has 1 N–H and O–H groups in total. The van der Waals surface area contributed by atoms with Crippen molar-refractivity contribution in [2.45, 2.75) is 83.6 Å². The molecule has 1 saturated heterocycles. The molecule has 30 heavy (non-hydrogen) atoms. The van der Waals surface area contributed by atoms with E-state index in [9.17, 15) is 4.79 Å². The standard InChI is InChI=1S/C26H40N2O2/c1-3-19(2)26(29)27-22-9-7-20(8-10-22)11-15-28-16-12-21(13-17-28)23-5-4-6-25-24(23)14-18-30-25/h4-6,19-22H,3,7-18H2,1-2H3,(H,27,29). The van der Waals surface area contributed by atoms with Gasteiger partial charge in [0.1, 0.15) is 5.75 Å². The maximum atomic E-state index is 12.1. The van der Waals surface area contributed by atoms with E-state index in [1.54, 1.807) is 5.56 Å². The second-order valence-corrected chi connectivity index (χ2v) is 9.86. The fourth-order valence-corrected chi connectivity index (χ4v) is 5.59. The third-order valence-electron chi connectivity index (χ3n) is 7.91. The number of nitrogens with zero attached hydrogens (tertiary/aromatic N) is 1. The van der Waals surface area contributed by atoms with Crippen LogP contribution in [0.3, 0.4) is 0 Å². The topological polar surface area (TPSA) is 41.6 Å². The van der Waals surface area contributed by atoms with E-state index in [4.69, 9.17) is 4.74 Å². The number of fused-ring (bicyclic) bond motifs is 1. The van der Waals surface area contributed by atoms with Crippen LogP contribution in [-0.2, 0) is 11.2 Å². The summed E-state index contributed by atoms with van der Waals surface area (Å²) in [7, 11) is 0. The summed E-state index contributed by atoms with van der Waals surface area (Å²) in [5.41, 5.74) is 3.04. The molecule has 1 aromatic carbocycles. The van der Waals surface area contributed by atoms with Crippen LogP contribution in [0, 0.1) is 11.8 Å². The van der Waals surface area contributed by atoms with Crippen LogP contribution in [0.5, 0.6) is 5.75 Å². The van der Waals surface area contributed by atoms with Crippen molar-refractivity contribution in [3.05, 3.63) is 29.3 Å². The van der Waals surface area contributed by atoms with Gasteiger partial charge in [-0.25, -0.2) is 0 Å². The van der Waals surface area contributed by atoms with Crippen molar-refractivity contribution >= 4 is 5.91 Å². The van der Waals surface area contributed by atoms with Gasteiger partial charge in [0, 0.05) is 23.9 Å². The van der Waals surface area contributed by atoms with Gasteiger partial charge in [-0.2, -0.15) is 0 Å². The molecule has 4 heteroatoms. The molecule has 4 rings (SSSR count). The Labute approximate surface area is 182 Å². The molecule has 1 aliphatic carbocycles. The van der Waals surface area contributed by atoms with Crippen molar-refractivity contribution in [1.82, 2.24) is 10.2 Å². The number of hydrogen-bond acceptors (Lipinski definition) is 3. The van der Waals surface area contributed by atoms with Gasteiger partial charge in [-0.05, 0) is 94.5 Å². The van der Waals surface area contributed by atoms with Crippen molar-refractivity contribution in [2.24, 2.45) is 11.8 Å². The minimum Gasteiger partial charge on any atom is -0.493 e. The Morgan fingerprint density at radius 2 is 1.93 bits per heavy atom. The molecule has 1 atom stereocenters. The van der Waals surface area contributed by atoms with Gasteiger partial charge < -0.3 is 15.0 Å². The normalized spacial score (nSPS) is 26.1. The Hall–Kier alpha value is -1.55. The predicted molar refractivity (Wildman–Crippen MR) is 122 cm³/mol. The van der Waals surface area contributed by atoms with Gasteiger partial charge in [0.15, 0.2) is 0 Å². The number of carbonyl (C=O) groups is 1. The lowest BCUT2D eigenvalue weighted by molar-refractivity contribution is -0.125. The minimum atomic E-state index is 0.148. The number of likely N-dealkylation sites (tertiary alicyclic amines) is 1. The molecule has 4 nitrogen and oxygen atoms in total. The maximum absolute atomic E-state index is 12.1. The van der Waals surface area contributed by atoms with Crippen LogP contribution in [0.4, 0.5) is 0 Å². The summed E-state index contributed by atoms with van der Waals surface area (Å²) in [5, 5.41) is 3.28. The van der Waals surface area contributed by atoms with E-state index in [1.165, 1.54) is 57.3 Å². The third kappa shape index (κ3) is 5.19. The molecule has 2 heterocycles. The lowest BCUT2D eigenvalue weighted by atomic mass is 9.83. The van der Waals surface area contributed by atoms with E-state index in [2.05, 4.69) is 35.3 Å². The number of benzene rings is 1. The number of hydrogen-bond donors (Lipinski definition) is 1. The molecule has 1 aromatic rings. The molecule has 0 spiro atoms. The van der Waals surface area contributed by atoms with E-state index < -0.39 is 0 Å². The fourth-order valence-electron chi connectivity index (χ4n) is 5.59. The van der Waals surface area contributed by atoms with Crippen molar-refractivity contribution in [2.75, 3.05) is 26.2 Å². The first-order chi connectivity index (χ1) is 14.6. The minimum absolute atomic E-state index is 0.148. The van der Waals surface area contributed by atoms with Gasteiger partial charge in [-0.3, -0.25) is 4.79 Å². The van der Waals surface area contributed by atoms with Crippen LogP contribution in [0.25, 0.3) is 0 Å². The summed E-state index contributed by atoms with van der Waals surface area (Å²) in [6.45, 7) is 8.69. The molecule has 2 aliphatic heterocycles. The zero-order valence-electron chi connectivity index (χ0n) is 19.0. The monoisotopic (exact) mass is 412 g/mol. The van der Waals surface area contributed by atoms with Crippen LogP contribution < -0.4 is 10.1 Å². The van der Waals surface area contributed by atoms with Gasteiger partial charge in [-0.1, -0.05) is 26.0 Å².